The zero-order valence-corrected chi connectivity index (χ0v) is 18.6. The van der Waals surface area contributed by atoms with Gasteiger partial charge in [-0.15, -0.1) is 24.0 Å². The highest BCUT2D eigenvalue weighted by molar-refractivity contribution is 14.0. The lowest BCUT2D eigenvalue weighted by Crippen LogP contribution is -2.39. The lowest BCUT2D eigenvalue weighted by atomic mass is 10.1. The monoisotopic (exact) mass is 487 g/mol. The summed E-state index contributed by atoms with van der Waals surface area (Å²) in [6, 6.07) is 6.10. The fourth-order valence-electron chi connectivity index (χ4n) is 2.59. The molecular weight excluding hydrogens is 457 g/mol. The maximum absolute atomic E-state index is 5.63. The van der Waals surface area contributed by atoms with Gasteiger partial charge in [0.15, 0.2) is 17.5 Å². The van der Waals surface area contributed by atoms with Crippen LogP contribution in [-0.2, 0) is 13.0 Å². The van der Waals surface area contributed by atoms with Gasteiger partial charge in [-0.05, 0) is 37.5 Å². The van der Waals surface area contributed by atoms with Crippen LogP contribution in [0.15, 0.2) is 41.9 Å². The molecule has 0 unspecified atom stereocenters. The molecule has 0 bridgehead atoms. The molecule has 8 heteroatoms. The van der Waals surface area contributed by atoms with Crippen LogP contribution in [0, 0.1) is 0 Å². The van der Waals surface area contributed by atoms with Gasteiger partial charge in [-0.2, -0.15) is 0 Å². The Bertz CT molecular complexity index is 677. The number of nitrogens with zero attached hydrogens (tertiary/aromatic N) is 3. The summed E-state index contributed by atoms with van der Waals surface area (Å²) >= 11 is 0. The molecule has 2 rings (SSSR count). The van der Waals surface area contributed by atoms with Gasteiger partial charge in [0, 0.05) is 39.1 Å². The normalized spacial score (nSPS) is 10.9. The molecule has 0 radical (unpaired) electrons. The molecule has 0 atom stereocenters. The Morgan fingerprint density at radius 3 is 2.70 bits per heavy atom. The summed E-state index contributed by atoms with van der Waals surface area (Å²) in [5.74, 6) is 2.39. The number of hydrogen-bond donors (Lipinski definition) is 2. The molecule has 0 saturated heterocycles. The molecular formula is C19H30IN5O2. The van der Waals surface area contributed by atoms with E-state index in [0.717, 1.165) is 49.9 Å². The highest BCUT2D eigenvalue weighted by Gasteiger charge is 2.05. The molecule has 0 aliphatic carbocycles. The fourth-order valence-corrected chi connectivity index (χ4v) is 2.59. The highest BCUT2D eigenvalue weighted by atomic mass is 127. The summed E-state index contributed by atoms with van der Waals surface area (Å²) in [4.78, 5) is 8.28. The number of aliphatic imine (C=N–C) groups is 1. The van der Waals surface area contributed by atoms with Crippen LogP contribution in [0.1, 0.15) is 18.9 Å². The minimum Gasteiger partial charge on any atom is -0.493 e. The van der Waals surface area contributed by atoms with Gasteiger partial charge in [0.1, 0.15) is 0 Å². The van der Waals surface area contributed by atoms with Gasteiger partial charge in [0.25, 0.3) is 0 Å². The van der Waals surface area contributed by atoms with Gasteiger partial charge in [-0.3, -0.25) is 4.99 Å². The summed E-state index contributed by atoms with van der Waals surface area (Å²) in [5, 5.41) is 6.64. The molecule has 1 aromatic heterocycles. The predicted molar refractivity (Wildman–Crippen MR) is 119 cm³/mol. The van der Waals surface area contributed by atoms with E-state index in [1.807, 2.05) is 30.1 Å². The summed E-state index contributed by atoms with van der Waals surface area (Å²) < 4.78 is 13.0. The van der Waals surface area contributed by atoms with Crippen molar-refractivity contribution >= 4 is 29.9 Å². The number of aryl methyl sites for hydroxylation is 1. The third-order valence-corrected chi connectivity index (χ3v) is 3.91. The largest absolute Gasteiger partial charge is 0.493 e. The smallest absolute Gasteiger partial charge is 0.191 e. The summed E-state index contributed by atoms with van der Waals surface area (Å²) in [5.41, 5.74) is 1.24. The Labute approximate surface area is 178 Å². The van der Waals surface area contributed by atoms with E-state index in [-0.39, 0.29) is 24.0 Å². The second kappa shape index (κ2) is 13.2. The van der Waals surface area contributed by atoms with E-state index >= 15 is 0 Å². The summed E-state index contributed by atoms with van der Waals surface area (Å²) in [6.07, 6.45) is 7.50. The number of guanidine groups is 1. The standard InChI is InChI=1S/C19H29N5O2.HI/c1-4-26-18-14-16(7-8-17(18)25-3)6-5-9-22-19(20-2)23-11-13-24-12-10-21-15-24;/h7-8,10,12,14-15H,4-6,9,11,13H2,1-3H3,(H2,20,22,23);1H. The predicted octanol–water partition coefficient (Wildman–Crippen LogP) is 2.71. The van der Waals surface area contributed by atoms with Crippen LogP contribution in [0.4, 0.5) is 0 Å². The second-order valence-electron chi connectivity index (χ2n) is 5.75. The van der Waals surface area contributed by atoms with Crippen LogP contribution < -0.4 is 20.1 Å². The van der Waals surface area contributed by atoms with Crippen molar-refractivity contribution in [2.75, 3.05) is 33.9 Å². The second-order valence-corrected chi connectivity index (χ2v) is 5.75. The minimum atomic E-state index is 0. The van der Waals surface area contributed by atoms with Crippen molar-refractivity contribution in [3.63, 3.8) is 0 Å². The third-order valence-electron chi connectivity index (χ3n) is 3.91. The molecule has 2 N–H and O–H groups in total. The van der Waals surface area contributed by atoms with Crippen LogP contribution in [0.2, 0.25) is 0 Å². The molecule has 0 saturated carbocycles. The molecule has 1 aromatic carbocycles. The van der Waals surface area contributed by atoms with E-state index in [2.05, 4.69) is 32.7 Å². The van der Waals surface area contributed by atoms with E-state index in [1.165, 1.54) is 5.56 Å². The van der Waals surface area contributed by atoms with Gasteiger partial charge < -0.3 is 24.7 Å². The number of aromatic nitrogens is 2. The van der Waals surface area contributed by atoms with Gasteiger partial charge >= 0.3 is 0 Å². The molecule has 150 valence electrons. The molecule has 0 fully saturated rings. The van der Waals surface area contributed by atoms with Crippen molar-refractivity contribution in [3.8, 4) is 11.5 Å². The quantitative estimate of drug-likeness (QED) is 0.234. The molecule has 0 amide bonds. The Balaban J connectivity index is 0.00000364. The first kappa shape index (κ1) is 23.1. The molecule has 0 aliphatic heterocycles. The number of rotatable bonds is 10. The third kappa shape index (κ3) is 8.06. The first-order chi connectivity index (χ1) is 12.8. The Morgan fingerprint density at radius 2 is 2.04 bits per heavy atom. The topological polar surface area (TPSA) is 72.7 Å². The highest BCUT2D eigenvalue weighted by Crippen LogP contribution is 2.28. The van der Waals surface area contributed by atoms with Gasteiger partial charge in [0.2, 0.25) is 0 Å². The van der Waals surface area contributed by atoms with Crippen LogP contribution in [0.25, 0.3) is 0 Å². The van der Waals surface area contributed by atoms with E-state index < -0.39 is 0 Å². The van der Waals surface area contributed by atoms with Crippen molar-refractivity contribution in [2.24, 2.45) is 4.99 Å². The van der Waals surface area contributed by atoms with Crippen molar-refractivity contribution in [1.82, 2.24) is 20.2 Å². The molecule has 0 aliphatic rings. The van der Waals surface area contributed by atoms with Gasteiger partial charge in [-0.1, -0.05) is 6.07 Å². The maximum Gasteiger partial charge on any atom is 0.191 e. The average molecular weight is 487 g/mol. The van der Waals surface area contributed by atoms with Gasteiger partial charge in [-0.25, -0.2) is 4.98 Å². The molecule has 1 heterocycles. The molecule has 27 heavy (non-hydrogen) atoms. The molecule has 7 nitrogen and oxygen atoms in total. The van der Waals surface area contributed by atoms with E-state index in [0.29, 0.717) is 6.61 Å². The zero-order chi connectivity index (χ0) is 18.6. The zero-order valence-electron chi connectivity index (χ0n) is 16.3. The summed E-state index contributed by atoms with van der Waals surface area (Å²) in [6.45, 7) is 5.10. The van der Waals surface area contributed by atoms with Crippen LogP contribution in [0.5, 0.6) is 11.5 Å². The number of methoxy groups -OCH3 is 1. The van der Waals surface area contributed by atoms with Crippen molar-refractivity contribution in [2.45, 2.75) is 26.3 Å². The minimum absolute atomic E-state index is 0. The Morgan fingerprint density at radius 1 is 1.22 bits per heavy atom. The lowest BCUT2D eigenvalue weighted by Gasteiger charge is -2.13. The number of imidazole rings is 1. The van der Waals surface area contributed by atoms with Gasteiger partial charge in [0.05, 0.1) is 20.0 Å². The van der Waals surface area contributed by atoms with Crippen molar-refractivity contribution in [1.29, 1.82) is 0 Å². The average Bonchev–Trinajstić information content (AvgIpc) is 3.17. The fraction of sp³-hybridized carbons (Fsp3) is 0.474. The van der Waals surface area contributed by atoms with E-state index in [1.54, 1.807) is 20.4 Å². The van der Waals surface area contributed by atoms with Crippen LogP contribution in [0.3, 0.4) is 0 Å². The van der Waals surface area contributed by atoms with E-state index in [9.17, 15) is 0 Å². The SMILES string of the molecule is CCOc1cc(CCCNC(=NC)NCCn2ccnc2)ccc1OC.I. The molecule has 2 aromatic rings. The molecule has 0 spiro atoms. The maximum atomic E-state index is 5.63. The Kier molecular flexibility index (Phi) is 11.3. The first-order valence-corrected chi connectivity index (χ1v) is 8.96. The van der Waals surface area contributed by atoms with E-state index in [4.69, 9.17) is 9.47 Å². The number of nitrogens with one attached hydrogen (secondary N) is 2. The first-order valence-electron chi connectivity index (χ1n) is 8.96. The number of hydrogen-bond acceptors (Lipinski definition) is 4. The van der Waals surface area contributed by atoms with Crippen LogP contribution in [-0.4, -0.2) is 49.4 Å². The summed E-state index contributed by atoms with van der Waals surface area (Å²) in [7, 11) is 3.44. The lowest BCUT2D eigenvalue weighted by molar-refractivity contribution is 0.310. The Hall–Kier alpha value is -1.97. The van der Waals surface area contributed by atoms with Crippen molar-refractivity contribution in [3.05, 3.63) is 42.5 Å². The number of benzene rings is 1. The van der Waals surface area contributed by atoms with Crippen LogP contribution >= 0.6 is 24.0 Å². The number of ether oxygens (including phenoxy) is 2. The van der Waals surface area contributed by atoms with Crippen molar-refractivity contribution < 1.29 is 9.47 Å². The number of halogens is 1.